The van der Waals surface area contributed by atoms with Crippen molar-refractivity contribution in [2.75, 3.05) is 10.9 Å². The number of rotatable bonds is 4. The number of nitro groups is 2. The molecule has 13 heteroatoms. The summed E-state index contributed by atoms with van der Waals surface area (Å²) in [5, 5.41) is 26.6. The van der Waals surface area contributed by atoms with E-state index in [0.717, 1.165) is 0 Å². The molecule has 1 heterocycles. The quantitative estimate of drug-likeness (QED) is 0.453. The Kier molecular flexibility index (Phi) is 6.84. The Hall–Kier alpha value is -3.18. The van der Waals surface area contributed by atoms with Crippen molar-refractivity contribution in [3.8, 4) is 0 Å². The molecule has 3 N–H and O–H groups in total. The van der Waals surface area contributed by atoms with Crippen molar-refractivity contribution >= 4 is 40.5 Å². The average Bonchev–Trinajstić information content (AvgIpc) is 2.51. The number of para-hydroxylation sites is 1. The van der Waals surface area contributed by atoms with Gasteiger partial charge in [-0.25, -0.2) is 30.0 Å². The summed E-state index contributed by atoms with van der Waals surface area (Å²) in [6.45, 7) is 0. The van der Waals surface area contributed by atoms with Crippen LogP contribution in [0.2, 0.25) is 10.2 Å². The molecule has 0 unspecified atom stereocenters. The van der Waals surface area contributed by atoms with E-state index in [9.17, 15) is 25.0 Å². The van der Waals surface area contributed by atoms with E-state index in [2.05, 4.69) is 4.98 Å². The van der Waals surface area contributed by atoms with Crippen LogP contribution in [0.5, 0.6) is 0 Å². The van der Waals surface area contributed by atoms with Gasteiger partial charge in [0.15, 0.2) is 16.5 Å². The van der Waals surface area contributed by atoms with E-state index >= 15 is 0 Å². The number of aromatic carboxylic acids is 1. The highest BCUT2D eigenvalue weighted by Gasteiger charge is 2.29. The summed E-state index contributed by atoms with van der Waals surface area (Å²) >= 11 is 11.0. The van der Waals surface area contributed by atoms with Gasteiger partial charge in [0.1, 0.15) is 5.15 Å². The molecule has 0 spiro atoms. The lowest BCUT2D eigenvalue weighted by Crippen LogP contribution is -2.35. The molecule has 1 aromatic carbocycles. The maximum atomic E-state index is 10.5. The highest BCUT2D eigenvalue weighted by Crippen LogP contribution is 2.24. The molecule has 0 radical (unpaired) electrons. The smallest absolute Gasteiger partial charge is 0.356 e. The first-order chi connectivity index (χ1) is 11.6. The zero-order valence-electron chi connectivity index (χ0n) is 12.1. The fourth-order valence-corrected chi connectivity index (χ4v) is 1.85. The Labute approximate surface area is 149 Å². The Balaban J connectivity index is 0.000000251. The van der Waals surface area contributed by atoms with E-state index < -0.39 is 16.0 Å². The first kappa shape index (κ1) is 19.9. The highest BCUT2D eigenvalue weighted by molar-refractivity contribution is 6.36. The second kappa shape index (κ2) is 8.61. The number of nitrogen functional groups attached to an aromatic ring is 1. The second-order valence-electron chi connectivity index (χ2n) is 4.10. The van der Waals surface area contributed by atoms with Crippen molar-refractivity contribution in [1.29, 1.82) is 0 Å². The molecular weight excluding hydrogens is 381 g/mol. The molecule has 0 aliphatic carbocycles. The van der Waals surface area contributed by atoms with Crippen molar-refractivity contribution in [2.24, 2.45) is 0 Å². The summed E-state index contributed by atoms with van der Waals surface area (Å²) in [5.41, 5.74) is 5.03. The SMILES string of the molecule is Nc1cc(Cl)nc(C(=O)O)c1Cl.O=[N+]([O-])N(c1ccccc1)[N+](=O)[O-]. The molecule has 25 heavy (non-hydrogen) atoms. The number of nitrogens with zero attached hydrogens (tertiary/aromatic N) is 4. The molecule has 2 rings (SSSR count). The standard InChI is InChI=1S/C6H4Cl2N2O2.C6H5N3O4/c7-3-1-2(9)4(8)5(10-3)6(11)12;10-8(11)7(9(12)13)6-4-2-1-3-5-6/h1H,(H2,9,10)(H,11,12);1-5H. The lowest BCUT2D eigenvalue weighted by atomic mass is 10.3. The maximum absolute atomic E-state index is 10.5. The lowest BCUT2D eigenvalue weighted by molar-refractivity contribution is -0.711. The molecule has 0 saturated heterocycles. The molecule has 11 nitrogen and oxygen atoms in total. The molecule has 1 aromatic heterocycles. The third-order valence-electron chi connectivity index (χ3n) is 2.45. The number of halogens is 2. The van der Waals surface area contributed by atoms with Crippen molar-refractivity contribution in [3.63, 3.8) is 0 Å². The zero-order valence-corrected chi connectivity index (χ0v) is 13.6. The number of hydrogen-bond donors (Lipinski definition) is 2. The van der Waals surface area contributed by atoms with Gasteiger partial charge in [-0.1, -0.05) is 41.4 Å². The number of pyridine rings is 1. The number of carbonyl (C=O) groups is 1. The van der Waals surface area contributed by atoms with E-state index in [0.29, 0.717) is 0 Å². The summed E-state index contributed by atoms with van der Waals surface area (Å²) < 4.78 is 0. The number of hydrogen-bond acceptors (Lipinski definition) is 7. The molecule has 0 fully saturated rings. The highest BCUT2D eigenvalue weighted by atomic mass is 35.5. The monoisotopic (exact) mass is 389 g/mol. The van der Waals surface area contributed by atoms with Gasteiger partial charge < -0.3 is 10.8 Å². The molecule has 2 aromatic rings. The van der Waals surface area contributed by atoms with Crippen LogP contribution < -0.4 is 10.9 Å². The third-order valence-corrected chi connectivity index (χ3v) is 3.04. The van der Waals surface area contributed by atoms with Crippen LogP contribution in [0.3, 0.4) is 0 Å². The van der Waals surface area contributed by atoms with Gasteiger partial charge in [-0.05, 0) is 18.2 Å². The maximum Gasteiger partial charge on any atom is 0.356 e. The van der Waals surface area contributed by atoms with E-state index in [1.807, 2.05) is 0 Å². The molecule has 0 saturated carbocycles. The van der Waals surface area contributed by atoms with Crippen LogP contribution in [0, 0.1) is 20.2 Å². The van der Waals surface area contributed by atoms with E-state index in [-0.39, 0.29) is 32.4 Å². The van der Waals surface area contributed by atoms with Gasteiger partial charge >= 0.3 is 5.97 Å². The van der Waals surface area contributed by atoms with Gasteiger partial charge in [0.05, 0.1) is 10.7 Å². The predicted octanol–water partition coefficient (Wildman–Crippen LogP) is 2.55. The van der Waals surface area contributed by atoms with E-state index in [1.54, 1.807) is 6.07 Å². The minimum atomic E-state index is -1.26. The van der Waals surface area contributed by atoms with Gasteiger partial charge in [0, 0.05) is 0 Å². The van der Waals surface area contributed by atoms with E-state index in [1.165, 1.54) is 30.3 Å². The van der Waals surface area contributed by atoms with Crippen molar-refractivity contribution in [2.45, 2.75) is 0 Å². The van der Waals surface area contributed by atoms with Crippen LogP contribution >= 0.6 is 23.2 Å². The van der Waals surface area contributed by atoms with Crippen LogP contribution in [0.25, 0.3) is 0 Å². The van der Waals surface area contributed by atoms with Gasteiger partial charge in [-0.2, -0.15) is 0 Å². The Morgan fingerprint density at radius 1 is 1.16 bits per heavy atom. The third kappa shape index (κ3) is 5.44. The Morgan fingerprint density at radius 2 is 1.68 bits per heavy atom. The van der Waals surface area contributed by atoms with Crippen LogP contribution in [0.4, 0.5) is 11.4 Å². The van der Waals surface area contributed by atoms with Crippen molar-refractivity contribution < 1.29 is 20.0 Å². The summed E-state index contributed by atoms with van der Waals surface area (Å²) in [7, 11) is 0. The number of anilines is 2. The number of carboxylic acid groups (broad SMARTS) is 1. The van der Waals surface area contributed by atoms with Crippen molar-refractivity contribution in [1.82, 2.24) is 4.98 Å². The van der Waals surface area contributed by atoms with Gasteiger partial charge in [-0.15, -0.1) is 0 Å². The lowest BCUT2D eigenvalue weighted by Gasteiger charge is -2.01. The molecule has 0 bridgehead atoms. The summed E-state index contributed by atoms with van der Waals surface area (Å²) in [6.07, 6.45) is 0. The fraction of sp³-hybridized carbons (Fsp3) is 0. The molecular formula is C12H9Cl2N5O6. The average molecular weight is 390 g/mol. The largest absolute Gasteiger partial charge is 0.476 e. The summed E-state index contributed by atoms with van der Waals surface area (Å²) in [4.78, 5) is 34.4. The van der Waals surface area contributed by atoms with Crippen LogP contribution in [-0.2, 0) is 0 Å². The first-order valence-electron chi connectivity index (χ1n) is 6.13. The fourth-order valence-electron chi connectivity index (χ4n) is 1.47. The molecule has 0 amide bonds. The predicted molar refractivity (Wildman–Crippen MR) is 88.5 cm³/mol. The van der Waals surface area contributed by atoms with Gasteiger partial charge in [-0.3, -0.25) is 0 Å². The topological polar surface area (TPSA) is 166 Å². The molecule has 0 atom stereocenters. The minimum absolute atomic E-state index is 0.00861. The van der Waals surface area contributed by atoms with Gasteiger partial charge in [0.25, 0.3) is 0 Å². The summed E-state index contributed by atoms with van der Waals surface area (Å²) in [6, 6.07) is 8.43. The number of carboxylic acids is 1. The molecule has 0 aliphatic rings. The minimum Gasteiger partial charge on any atom is -0.476 e. The van der Waals surface area contributed by atoms with Crippen molar-refractivity contribution in [3.05, 3.63) is 72.5 Å². The summed E-state index contributed by atoms with van der Waals surface area (Å²) in [5.74, 6) is -1.26. The first-order valence-corrected chi connectivity index (χ1v) is 6.89. The number of benzene rings is 1. The van der Waals surface area contributed by atoms with Gasteiger partial charge in [0.2, 0.25) is 10.1 Å². The van der Waals surface area contributed by atoms with Crippen LogP contribution in [0.1, 0.15) is 10.5 Å². The molecule has 132 valence electrons. The normalized spacial score (nSPS) is 9.52. The molecule has 0 aliphatic heterocycles. The van der Waals surface area contributed by atoms with Crippen LogP contribution in [-0.4, -0.2) is 26.1 Å². The Morgan fingerprint density at radius 3 is 2.12 bits per heavy atom. The number of nitrogens with two attached hydrogens (primary N) is 1. The zero-order chi connectivity index (χ0) is 19.1. The second-order valence-corrected chi connectivity index (χ2v) is 4.87. The van der Waals surface area contributed by atoms with Crippen LogP contribution in [0.15, 0.2) is 36.4 Å². The number of aromatic nitrogens is 1. The Bertz CT molecular complexity index is 790. The van der Waals surface area contributed by atoms with E-state index in [4.69, 9.17) is 34.0 Å². The number of hydrazine groups is 2.